The highest BCUT2D eigenvalue weighted by molar-refractivity contribution is 5.21. The number of benzene rings is 1. The van der Waals surface area contributed by atoms with Crippen LogP contribution in [0.4, 0.5) is 4.39 Å². The number of halogens is 1. The summed E-state index contributed by atoms with van der Waals surface area (Å²) in [5, 5.41) is 4.11. The summed E-state index contributed by atoms with van der Waals surface area (Å²) < 4.78 is 14.8. The first-order valence-electron chi connectivity index (χ1n) is 7.11. The van der Waals surface area contributed by atoms with Crippen LogP contribution >= 0.6 is 0 Å². The van der Waals surface area contributed by atoms with E-state index in [0.29, 0.717) is 5.92 Å². The summed E-state index contributed by atoms with van der Waals surface area (Å²) in [5.41, 5.74) is 1.27. The molecular weight excluding hydrogens is 255 g/mol. The van der Waals surface area contributed by atoms with E-state index in [1.807, 2.05) is 16.8 Å². The van der Waals surface area contributed by atoms with Gasteiger partial charge in [-0.25, -0.2) is 9.37 Å². The van der Waals surface area contributed by atoms with Gasteiger partial charge in [0.2, 0.25) is 0 Å². The van der Waals surface area contributed by atoms with E-state index in [0.717, 1.165) is 39.0 Å². The van der Waals surface area contributed by atoms with E-state index in [1.54, 1.807) is 24.8 Å². The summed E-state index contributed by atoms with van der Waals surface area (Å²) in [5.74, 6) is 0.414. The van der Waals surface area contributed by atoms with Crippen LogP contribution in [-0.4, -0.2) is 39.3 Å². The largest absolute Gasteiger partial charge is 0.301 e. The van der Waals surface area contributed by atoms with Gasteiger partial charge in [-0.3, -0.25) is 4.68 Å². The maximum Gasteiger partial charge on any atom is 0.137 e. The minimum atomic E-state index is -0.154. The molecule has 0 radical (unpaired) electrons. The quantitative estimate of drug-likeness (QED) is 0.858. The molecule has 0 atom stereocenters. The van der Waals surface area contributed by atoms with Crippen molar-refractivity contribution in [3.8, 4) is 0 Å². The number of likely N-dealkylation sites (tertiary alicyclic amines) is 1. The Morgan fingerprint density at radius 1 is 1.10 bits per heavy atom. The lowest BCUT2D eigenvalue weighted by Gasteiger charge is -2.32. The van der Waals surface area contributed by atoms with Crippen molar-refractivity contribution in [3.63, 3.8) is 0 Å². The molecule has 1 aromatic heterocycles. The van der Waals surface area contributed by atoms with Crippen LogP contribution in [0.15, 0.2) is 36.9 Å². The molecule has 2 aromatic rings. The maximum atomic E-state index is 12.9. The Kier molecular flexibility index (Phi) is 4.06. The summed E-state index contributed by atoms with van der Waals surface area (Å²) in [6, 6.07) is 6.97. The Labute approximate surface area is 118 Å². The van der Waals surface area contributed by atoms with Crippen LogP contribution in [0, 0.1) is 5.82 Å². The molecule has 0 spiro atoms. The predicted octanol–water partition coefficient (Wildman–Crippen LogP) is 2.30. The second kappa shape index (κ2) is 6.13. The fourth-order valence-corrected chi connectivity index (χ4v) is 2.82. The van der Waals surface area contributed by atoms with E-state index < -0.39 is 0 Å². The van der Waals surface area contributed by atoms with E-state index in [-0.39, 0.29) is 5.82 Å². The van der Waals surface area contributed by atoms with Crippen LogP contribution in [0.3, 0.4) is 0 Å². The lowest BCUT2D eigenvalue weighted by molar-refractivity contribution is 0.202. The molecule has 20 heavy (non-hydrogen) atoms. The first-order chi connectivity index (χ1) is 9.81. The van der Waals surface area contributed by atoms with Gasteiger partial charge in [-0.05, 0) is 49.5 Å². The first-order valence-corrected chi connectivity index (χ1v) is 7.11. The molecule has 106 valence electrons. The molecule has 0 amide bonds. The minimum Gasteiger partial charge on any atom is -0.301 e. The summed E-state index contributed by atoms with van der Waals surface area (Å²) >= 11 is 0. The van der Waals surface area contributed by atoms with Crippen molar-refractivity contribution in [1.29, 1.82) is 0 Å². The average Bonchev–Trinajstić information content (AvgIpc) is 3.00. The van der Waals surface area contributed by atoms with Gasteiger partial charge in [0, 0.05) is 6.54 Å². The molecule has 0 unspecified atom stereocenters. The number of nitrogens with zero attached hydrogens (tertiary/aromatic N) is 4. The summed E-state index contributed by atoms with van der Waals surface area (Å²) in [6.45, 7) is 4.09. The molecular formula is C15H19FN4. The maximum absolute atomic E-state index is 12.9. The molecule has 0 aliphatic carbocycles. The van der Waals surface area contributed by atoms with E-state index in [4.69, 9.17) is 0 Å². The SMILES string of the molecule is Fc1ccc(C2CCN(CCn3cncn3)CC2)cc1. The van der Waals surface area contributed by atoms with Gasteiger partial charge in [0.05, 0.1) is 6.54 Å². The first kappa shape index (κ1) is 13.2. The molecule has 1 fully saturated rings. The van der Waals surface area contributed by atoms with Crippen molar-refractivity contribution in [3.05, 3.63) is 48.3 Å². The van der Waals surface area contributed by atoms with Gasteiger partial charge >= 0.3 is 0 Å². The summed E-state index contributed by atoms with van der Waals surface area (Å²) in [7, 11) is 0. The van der Waals surface area contributed by atoms with E-state index >= 15 is 0 Å². The number of hydrogen-bond donors (Lipinski definition) is 0. The molecule has 3 rings (SSSR count). The Morgan fingerprint density at radius 3 is 2.50 bits per heavy atom. The van der Waals surface area contributed by atoms with Crippen LogP contribution < -0.4 is 0 Å². The lowest BCUT2D eigenvalue weighted by atomic mass is 9.89. The number of piperidine rings is 1. The van der Waals surface area contributed by atoms with Gasteiger partial charge in [0.15, 0.2) is 0 Å². The average molecular weight is 274 g/mol. The zero-order valence-electron chi connectivity index (χ0n) is 11.5. The third-order valence-electron chi connectivity index (χ3n) is 4.04. The van der Waals surface area contributed by atoms with Crippen LogP contribution in [-0.2, 0) is 6.54 Å². The van der Waals surface area contributed by atoms with Gasteiger partial charge in [-0.15, -0.1) is 0 Å². The fourth-order valence-electron chi connectivity index (χ4n) is 2.82. The second-order valence-electron chi connectivity index (χ2n) is 5.33. The molecule has 4 nitrogen and oxygen atoms in total. The number of rotatable bonds is 4. The van der Waals surface area contributed by atoms with Gasteiger partial charge in [-0.1, -0.05) is 12.1 Å². The monoisotopic (exact) mass is 274 g/mol. The van der Waals surface area contributed by atoms with E-state index in [1.165, 1.54) is 5.56 Å². The second-order valence-corrected chi connectivity index (χ2v) is 5.33. The number of aromatic nitrogens is 3. The Bertz CT molecular complexity index is 515. The number of hydrogen-bond acceptors (Lipinski definition) is 3. The smallest absolute Gasteiger partial charge is 0.137 e. The summed E-state index contributed by atoms with van der Waals surface area (Å²) in [4.78, 5) is 6.41. The molecule has 0 N–H and O–H groups in total. The van der Waals surface area contributed by atoms with Crippen LogP contribution in [0.25, 0.3) is 0 Å². The van der Waals surface area contributed by atoms with Crippen molar-refractivity contribution < 1.29 is 4.39 Å². The van der Waals surface area contributed by atoms with E-state index in [9.17, 15) is 4.39 Å². The van der Waals surface area contributed by atoms with Crippen LogP contribution in [0.1, 0.15) is 24.3 Å². The zero-order chi connectivity index (χ0) is 13.8. The Hall–Kier alpha value is -1.75. The highest BCUT2D eigenvalue weighted by atomic mass is 19.1. The van der Waals surface area contributed by atoms with Gasteiger partial charge in [0.1, 0.15) is 18.5 Å². The molecule has 0 bridgehead atoms. The van der Waals surface area contributed by atoms with Gasteiger partial charge < -0.3 is 4.90 Å². The molecule has 2 heterocycles. The van der Waals surface area contributed by atoms with Crippen LogP contribution in [0.5, 0.6) is 0 Å². The topological polar surface area (TPSA) is 34.0 Å². The van der Waals surface area contributed by atoms with Crippen molar-refractivity contribution in [2.24, 2.45) is 0 Å². The minimum absolute atomic E-state index is 0.154. The highest BCUT2D eigenvalue weighted by Gasteiger charge is 2.20. The molecule has 1 aliphatic rings. The fraction of sp³-hybridized carbons (Fsp3) is 0.467. The summed E-state index contributed by atoms with van der Waals surface area (Å²) in [6.07, 6.45) is 5.61. The molecule has 5 heteroatoms. The zero-order valence-corrected chi connectivity index (χ0v) is 11.5. The normalized spacial score (nSPS) is 17.4. The molecule has 1 aliphatic heterocycles. The van der Waals surface area contributed by atoms with Crippen molar-refractivity contribution in [2.45, 2.75) is 25.3 Å². The van der Waals surface area contributed by atoms with Crippen molar-refractivity contribution >= 4 is 0 Å². The molecule has 0 saturated carbocycles. The Morgan fingerprint density at radius 2 is 1.85 bits per heavy atom. The van der Waals surface area contributed by atoms with E-state index in [2.05, 4.69) is 15.0 Å². The van der Waals surface area contributed by atoms with Gasteiger partial charge in [-0.2, -0.15) is 5.10 Å². The van der Waals surface area contributed by atoms with Gasteiger partial charge in [0.25, 0.3) is 0 Å². The highest BCUT2D eigenvalue weighted by Crippen LogP contribution is 2.27. The predicted molar refractivity (Wildman–Crippen MR) is 74.8 cm³/mol. The van der Waals surface area contributed by atoms with Crippen molar-refractivity contribution in [1.82, 2.24) is 19.7 Å². The van der Waals surface area contributed by atoms with Crippen LogP contribution in [0.2, 0.25) is 0 Å². The molecule has 1 aromatic carbocycles. The Balaban J connectivity index is 1.48. The standard InChI is InChI=1S/C15H19FN4/c16-15-3-1-13(2-4-15)14-5-7-19(8-6-14)9-10-20-12-17-11-18-20/h1-4,11-12,14H,5-10H2. The third-order valence-corrected chi connectivity index (χ3v) is 4.04. The molecule has 1 saturated heterocycles. The lowest BCUT2D eigenvalue weighted by Crippen LogP contribution is -2.35. The third kappa shape index (κ3) is 3.22. The van der Waals surface area contributed by atoms with Crippen molar-refractivity contribution in [2.75, 3.05) is 19.6 Å².